The lowest BCUT2D eigenvalue weighted by Crippen LogP contribution is -2.47. The summed E-state index contributed by atoms with van der Waals surface area (Å²) < 4.78 is 87.6. The molecule has 0 amide bonds. The number of aliphatic imine (C=N–C) groups is 1. The molecule has 6 nitrogen and oxygen atoms in total. The summed E-state index contributed by atoms with van der Waals surface area (Å²) in [6.45, 7) is 0.364. The Balaban J connectivity index is 0.00000450. The van der Waals surface area contributed by atoms with Crippen LogP contribution in [0.1, 0.15) is 18.4 Å². The van der Waals surface area contributed by atoms with Crippen molar-refractivity contribution in [3.8, 4) is 0 Å². The van der Waals surface area contributed by atoms with Crippen molar-refractivity contribution in [1.82, 2.24) is 14.9 Å². The van der Waals surface area contributed by atoms with E-state index in [1.807, 2.05) is 0 Å². The fraction of sp³-hybridized carbons (Fsp3) is 0.588. The molecule has 0 bridgehead atoms. The van der Waals surface area contributed by atoms with Gasteiger partial charge in [-0.15, -0.1) is 24.0 Å². The van der Waals surface area contributed by atoms with Crippen LogP contribution in [0.25, 0.3) is 0 Å². The van der Waals surface area contributed by atoms with Crippen molar-refractivity contribution in [2.45, 2.75) is 24.8 Å². The smallest absolute Gasteiger partial charge is 0.356 e. The highest BCUT2D eigenvalue weighted by Gasteiger charge is 2.50. The van der Waals surface area contributed by atoms with Gasteiger partial charge in [-0.3, -0.25) is 4.99 Å². The van der Waals surface area contributed by atoms with Crippen LogP contribution >= 0.6 is 24.0 Å². The van der Waals surface area contributed by atoms with Gasteiger partial charge in [0.25, 0.3) is 0 Å². The molecule has 2 rings (SSSR count). The summed E-state index contributed by atoms with van der Waals surface area (Å²) in [4.78, 5) is 4.01. The van der Waals surface area contributed by atoms with Crippen molar-refractivity contribution in [3.63, 3.8) is 0 Å². The van der Waals surface area contributed by atoms with Gasteiger partial charge >= 0.3 is 15.5 Å². The number of halogens is 6. The summed E-state index contributed by atoms with van der Waals surface area (Å²) in [5.41, 5.74) is -4.93. The highest BCUT2D eigenvalue weighted by Crippen LogP contribution is 2.30. The normalized spacial score (nSPS) is 16.8. The third kappa shape index (κ3) is 7.18. The predicted octanol–water partition coefficient (Wildman–Crippen LogP) is 2.85. The van der Waals surface area contributed by atoms with Gasteiger partial charge < -0.3 is 10.6 Å². The monoisotopic (exact) mass is 570 g/mol. The summed E-state index contributed by atoms with van der Waals surface area (Å²) in [5, 5.41) is 6.00. The number of sulfonamides is 1. The topological polar surface area (TPSA) is 73.8 Å². The summed E-state index contributed by atoms with van der Waals surface area (Å²) in [6, 6.07) is 3.36. The molecule has 1 heterocycles. The maximum Gasteiger partial charge on any atom is 0.511 e. The second-order valence-corrected chi connectivity index (χ2v) is 8.59. The molecule has 1 aromatic carbocycles. The Labute approximate surface area is 189 Å². The summed E-state index contributed by atoms with van der Waals surface area (Å²) in [6.07, 6.45) is 0.890. The molecule has 1 aliphatic rings. The van der Waals surface area contributed by atoms with Crippen LogP contribution in [0.2, 0.25) is 0 Å². The third-order valence-corrected chi connectivity index (χ3v) is 6.32. The number of benzene rings is 1. The number of guanidine groups is 1. The van der Waals surface area contributed by atoms with Crippen molar-refractivity contribution >= 4 is 40.0 Å². The number of alkyl halides is 3. The minimum absolute atomic E-state index is 0. The summed E-state index contributed by atoms with van der Waals surface area (Å²) >= 11 is 0. The van der Waals surface area contributed by atoms with Crippen molar-refractivity contribution in [2.75, 3.05) is 33.2 Å². The molecule has 0 aliphatic carbocycles. The van der Waals surface area contributed by atoms with Gasteiger partial charge in [0.2, 0.25) is 0 Å². The standard InChI is InChI=1S/C17H23F5N4O2S.HI/c1-23-16(24-7-4-13-2-3-14(18)10-15(13)19)25-11-12-5-8-26(9-6-12)29(27,28)17(20,21)22;/h2-3,10,12H,4-9,11H2,1H3,(H2,23,24,25);1H. The molecule has 30 heavy (non-hydrogen) atoms. The van der Waals surface area contributed by atoms with Crippen molar-refractivity contribution in [2.24, 2.45) is 10.9 Å². The molecule has 0 spiro atoms. The van der Waals surface area contributed by atoms with E-state index in [1.165, 1.54) is 19.2 Å². The number of piperidine rings is 1. The van der Waals surface area contributed by atoms with Gasteiger partial charge in [-0.2, -0.15) is 17.5 Å². The van der Waals surface area contributed by atoms with E-state index >= 15 is 0 Å². The minimum atomic E-state index is -5.28. The molecular formula is C17H24F5IN4O2S. The molecule has 0 saturated carbocycles. The molecule has 172 valence electrons. The maximum atomic E-state index is 13.6. The van der Waals surface area contributed by atoms with Crippen LogP contribution in [0.15, 0.2) is 23.2 Å². The van der Waals surface area contributed by atoms with Crippen molar-refractivity contribution < 1.29 is 30.4 Å². The SMILES string of the molecule is CN=C(NCCc1ccc(F)cc1F)NCC1CCN(S(=O)(=O)C(F)(F)F)CC1.I. The van der Waals surface area contributed by atoms with E-state index in [0.717, 1.165) is 6.07 Å². The first-order valence-corrected chi connectivity index (χ1v) is 10.4. The van der Waals surface area contributed by atoms with E-state index in [1.54, 1.807) is 0 Å². The zero-order valence-electron chi connectivity index (χ0n) is 16.2. The van der Waals surface area contributed by atoms with E-state index in [2.05, 4.69) is 15.6 Å². The molecule has 1 fully saturated rings. The van der Waals surface area contributed by atoms with E-state index in [9.17, 15) is 30.4 Å². The molecule has 0 aromatic heterocycles. The largest absolute Gasteiger partial charge is 0.511 e. The van der Waals surface area contributed by atoms with Crippen LogP contribution in [-0.2, 0) is 16.4 Å². The van der Waals surface area contributed by atoms with Gasteiger partial charge in [-0.1, -0.05) is 6.07 Å². The van der Waals surface area contributed by atoms with Gasteiger partial charge in [0, 0.05) is 39.3 Å². The lowest BCUT2D eigenvalue weighted by molar-refractivity contribution is -0.0496. The Kier molecular flexibility index (Phi) is 10.2. The number of nitrogens with one attached hydrogen (secondary N) is 2. The van der Waals surface area contributed by atoms with E-state index in [-0.39, 0.29) is 43.0 Å². The quantitative estimate of drug-likeness (QED) is 0.239. The lowest BCUT2D eigenvalue weighted by Gasteiger charge is -2.31. The molecule has 1 saturated heterocycles. The Hall–Kier alpha value is -1.22. The van der Waals surface area contributed by atoms with Crippen LogP contribution in [-0.4, -0.2) is 57.4 Å². The molecule has 0 atom stereocenters. The Morgan fingerprint density at radius 2 is 1.83 bits per heavy atom. The lowest BCUT2D eigenvalue weighted by atomic mass is 9.98. The fourth-order valence-corrected chi connectivity index (χ4v) is 3.99. The molecule has 2 N–H and O–H groups in total. The summed E-state index contributed by atoms with van der Waals surface area (Å²) in [5.74, 6) is -0.860. The average molecular weight is 570 g/mol. The van der Waals surface area contributed by atoms with E-state index < -0.39 is 27.2 Å². The molecule has 1 aliphatic heterocycles. The second kappa shape index (κ2) is 11.4. The van der Waals surface area contributed by atoms with E-state index in [4.69, 9.17) is 0 Å². The van der Waals surface area contributed by atoms with Gasteiger partial charge in [0.1, 0.15) is 11.6 Å². The molecule has 0 radical (unpaired) electrons. The molecule has 0 unspecified atom stereocenters. The predicted molar refractivity (Wildman–Crippen MR) is 114 cm³/mol. The first-order valence-electron chi connectivity index (χ1n) is 8.99. The van der Waals surface area contributed by atoms with Gasteiger partial charge in [-0.25, -0.2) is 17.2 Å². The highest BCUT2D eigenvalue weighted by atomic mass is 127. The second-order valence-electron chi connectivity index (χ2n) is 6.66. The zero-order chi connectivity index (χ0) is 21.7. The highest BCUT2D eigenvalue weighted by molar-refractivity contribution is 14.0. The average Bonchev–Trinajstić information content (AvgIpc) is 2.65. The maximum absolute atomic E-state index is 13.6. The molecular weight excluding hydrogens is 546 g/mol. The first kappa shape index (κ1) is 26.8. The van der Waals surface area contributed by atoms with Crippen LogP contribution in [0.3, 0.4) is 0 Å². The van der Waals surface area contributed by atoms with Crippen LogP contribution in [0.5, 0.6) is 0 Å². The molecule has 13 heteroatoms. The first-order chi connectivity index (χ1) is 13.5. The van der Waals surface area contributed by atoms with Crippen molar-refractivity contribution in [1.29, 1.82) is 0 Å². The van der Waals surface area contributed by atoms with E-state index in [0.29, 0.717) is 48.2 Å². The number of nitrogens with zero attached hydrogens (tertiary/aromatic N) is 2. The number of hydrogen-bond donors (Lipinski definition) is 2. The minimum Gasteiger partial charge on any atom is -0.356 e. The Morgan fingerprint density at radius 1 is 1.20 bits per heavy atom. The van der Waals surface area contributed by atoms with Gasteiger partial charge in [-0.05, 0) is 36.8 Å². The number of rotatable bonds is 6. The van der Waals surface area contributed by atoms with Crippen LogP contribution < -0.4 is 10.6 Å². The summed E-state index contributed by atoms with van der Waals surface area (Å²) in [7, 11) is -3.75. The Bertz CT molecular complexity index is 828. The zero-order valence-corrected chi connectivity index (χ0v) is 19.3. The Morgan fingerprint density at radius 3 is 2.37 bits per heavy atom. The van der Waals surface area contributed by atoms with Gasteiger partial charge in [0.15, 0.2) is 5.96 Å². The van der Waals surface area contributed by atoms with Crippen LogP contribution in [0.4, 0.5) is 22.0 Å². The third-order valence-electron chi connectivity index (χ3n) is 4.69. The molecule has 1 aromatic rings. The fourth-order valence-electron chi connectivity index (χ4n) is 3.00. The van der Waals surface area contributed by atoms with Crippen LogP contribution in [0, 0.1) is 17.6 Å². The van der Waals surface area contributed by atoms with Gasteiger partial charge in [0.05, 0.1) is 0 Å². The van der Waals surface area contributed by atoms with Crippen molar-refractivity contribution in [3.05, 3.63) is 35.4 Å². The number of hydrogen-bond acceptors (Lipinski definition) is 3.